The van der Waals surface area contributed by atoms with Crippen LogP contribution in [-0.2, 0) is 20.9 Å². The van der Waals surface area contributed by atoms with E-state index in [-0.39, 0.29) is 24.7 Å². The van der Waals surface area contributed by atoms with Crippen molar-refractivity contribution in [3.8, 4) is 0 Å². The van der Waals surface area contributed by atoms with Crippen LogP contribution in [-0.4, -0.2) is 19.0 Å². The summed E-state index contributed by atoms with van der Waals surface area (Å²) in [4.78, 5) is 22.4. The third kappa shape index (κ3) is 4.57. The summed E-state index contributed by atoms with van der Waals surface area (Å²) in [5, 5.41) is 2.79. The van der Waals surface area contributed by atoms with Crippen LogP contribution in [0.2, 0.25) is 0 Å². The van der Waals surface area contributed by atoms with Crippen LogP contribution in [0, 0.1) is 13.8 Å². The van der Waals surface area contributed by atoms with E-state index in [1.807, 2.05) is 26.0 Å². The van der Waals surface area contributed by atoms with Crippen molar-refractivity contribution in [3.63, 3.8) is 0 Å². The first-order chi connectivity index (χ1) is 8.52. The second kappa shape index (κ2) is 6.79. The fraction of sp³-hybridized carbons (Fsp3) is 0.429. The highest BCUT2D eigenvalue weighted by atomic mass is 16.5. The van der Waals surface area contributed by atoms with E-state index >= 15 is 0 Å². The molecule has 0 radical (unpaired) electrons. The van der Waals surface area contributed by atoms with Gasteiger partial charge in [-0.05, 0) is 25.0 Å². The molecular weight excluding hydrogens is 230 g/mol. The maximum absolute atomic E-state index is 11.5. The van der Waals surface area contributed by atoms with Gasteiger partial charge < -0.3 is 10.1 Å². The van der Waals surface area contributed by atoms with Gasteiger partial charge in [0.05, 0.1) is 13.5 Å². The highest BCUT2D eigenvalue weighted by molar-refractivity contribution is 5.81. The van der Waals surface area contributed by atoms with Crippen molar-refractivity contribution in [2.45, 2.75) is 33.2 Å². The van der Waals surface area contributed by atoms with Crippen LogP contribution in [0.1, 0.15) is 29.5 Å². The van der Waals surface area contributed by atoms with Gasteiger partial charge in [-0.15, -0.1) is 0 Å². The number of nitrogens with one attached hydrogen (secondary N) is 1. The molecule has 18 heavy (non-hydrogen) atoms. The van der Waals surface area contributed by atoms with Crippen molar-refractivity contribution in [1.82, 2.24) is 5.32 Å². The van der Waals surface area contributed by atoms with Crippen LogP contribution < -0.4 is 5.32 Å². The first kappa shape index (κ1) is 14.2. The Kier molecular flexibility index (Phi) is 5.36. The number of methoxy groups -OCH3 is 1. The zero-order valence-corrected chi connectivity index (χ0v) is 11.1. The van der Waals surface area contributed by atoms with E-state index in [0.717, 1.165) is 11.1 Å². The molecule has 0 heterocycles. The summed E-state index contributed by atoms with van der Waals surface area (Å²) in [6.07, 6.45) is 0.285. The largest absolute Gasteiger partial charge is 0.469 e. The minimum atomic E-state index is -0.364. The first-order valence-electron chi connectivity index (χ1n) is 5.92. The number of esters is 1. The number of aryl methyl sites for hydroxylation is 2. The van der Waals surface area contributed by atoms with Crippen LogP contribution >= 0.6 is 0 Å². The fourth-order valence-corrected chi connectivity index (χ4v) is 1.64. The van der Waals surface area contributed by atoms with Gasteiger partial charge in [0.2, 0.25) is 5.91 Å². The van der Waals surface area contributed by atoms with E-state index in [4.69, 9.17) is 0 Å². The van der Waals surface area contributed by atoms with Crippen molar-refractivity contribution < 1.29 is 14.3 Å². The number of amides is 1. The number of carbonyl (C=O) groups excluding carboxylic acids is 2. The summed E-state index contributed by atoms with van der Waals surface area (Å²) in [5.74, 6) is -0.503. The number of rotatable bonds is 5. The van der Waals surface area contributed by atoms with Crippen LogP contribution in [0.15, 0.2) is 18.2 Å². The molecule has 0 saturated carbocycles. The molecule has 0 aliphatic carbocycles. The van der Waals surface area contributed by atoms with E-state index in [1.54, 1.807) is 0 Å². The molecule has 0 fully saturated rings. The molecular formula is C14H19NO3. The molecule has 4 heteroatoms. The number of ether oxygens (including phenoxy) is 1. The van der Waals surface area contributed by atoms with Crippen LogP contribution in [0.3, 0.4) is 0 Å². The minimum Gasteiger partial charge on any atom is -0.469 e. The van der Waals surface area contributed by atoms with Gasteiger partial charge in [-0.3, -0.25) is 9.59 Å². The molecule has 1 aromatic rings. The zero-order chi connectivity index (χ0) is 13.5. The quantitative estimate of drug-likeness (QED) is 0.810. The summed E-state index contributed by atoms with van der Waals surface area (Å²) in [6, 6.07) is 6.10. The van der Waals surface area contributed by atoms with Gasteiger partial charge in [0.15, 0.2) is 0 Å². The summed E-state index contributed by atoms with van der Waals surface area (Å²) >= 11 is 0. The highest BCUT2D eigenvalue weighted by Crippen LogP contribution is 2.10. The van der Waals surface area contributed by atoms with Crippen molar-refractivity contribution >= 4 is 11.9 Å². The predicted octanol–water partition coefficient (Wildman–Crippen LogP) is 1.87. The van der Waals surface area contributed by atoms with Crippen LogP contribution in [0.5, 0.6) is 0 Å². The molecule has 0 aromatic heterocycles. The Bertz CT molecular complexity index is 441. The maximum Gasteiger partial charge on any atom is 0.306 e. The average Bonchev–Trinajstić information content (AvgIpc) is 2.34. The normalized spacial score (nSPS) is 9.94. The Morgan fingerprint density at radius 1 is 1.22 bits per heavy atom. The summed E-state index contributed by atoms with van der Waals surface area (Å²) in [6.45, 7) is 4.54. The van der Waals surface area contributed by atoms with E-state index < -0.39 is 0 Å². The molecule has 1 amide bonds. The Labute approximate surface area is 107 Å². The molecule has 0 unspecified atom stereocenters. The topological polar surface area (TPSA) is 55.4 Å². The molecule has 1 N–H and O–H groups in total. The maximum atomic E-state index is 11.5. The molecule has 0 saturated heterocycles. The SMILES string of the molecule is COC(=O)CCC(=O)NCc1ccc(C)cc1C. The zero-order valence-electron chi connectivity index (χ0n) is 11.1. The average molecular weight is 249 g/mol. The summed E-state index contributed by atoms with van der Waals surface area (Å²) in [5.41, 5.74) is 3.45. The van der Waals surface area contributed by atoms with Crippen molar-refractivity contribution in [1.29, 1.82) is 0 Å². The molecule has 1 rings (SSSR count). The lowest BCUT2D eigenvalue weighted by Gasteiger charge is -2.08. The predicted molar refractivity (Wildman–Crippen MR) is 69.0 cm³/mol. The third-order valence-corrected chi connectivity index (χ3v) is 2.76. The summed E-state index contributed by atoms with van der Waals surface area (Å²) in [7, 11) is 1.32. The number of carbonyl (C=O) groups is 2. The van der Waals surface area contributed by atoms with Crippen LogP contribution in [0.4, 0.5) is 0 Å². The van der Waals surface area contributed by atoms with Gasteiger partial charge in [-0.1, -0.05) is 23.8 Å². The Balaban J connectivity index is 2.40. The third-order valence-electron chi connectivity index (χ3n) is 2.76. The standard InChI is InChI=1S/C14H19NO3/c1-10-4-5-12(11(2)8-10)9-15-13(16)6-7-14(17)18-3/h4-5,8H,6-7,9H2,1-3H3,(H,15,16). The van der Waals surface area contributed by atoms with Crippen molar-refractivity contribution in [2.24, 2.45) is 0 Å². The lowest BCUT2D eigenvalue weighted by Crippen LogP contribution is -2.23. The monoisotopic (exact) mass is 249 g/mol. The van der Waals surface area contributed by atoms with Crippen LogP contribution in [0.25, 0.3) is 0 Å². The molecule has 0 aliphatic rings. The van der Waals surface area contributed by atoms with E-state index in [2.05, 4.69) is 16.1 Å². The van der Waals surface area contributed by atoms with E-state index in [1.165, 1.54) is 12.7 Å². The summed E-state index contributed by atoms with van der Waals surface area (Å²) < 4.78 is 4.48. The van der Waals surface area contributed by atoms with Gasteiger partial charge in [-0.2, -0.15) is 0 Å². The molecule has 0 spiro atoms. The Morgan fingerprint density at radius 2 is 1.94 bits per heavy atom. The highest BCUT2D eigenvalue weighted by Gasteiger charge is 2.07. The Morgan fingerprint density at radius 3 is 2.56 bits per heavy atom. The van der Waals surface area contributed by atoms with Crippen molar-refractivity contribution in [2.75, 3.05) is 7.11 Å². The molecule has 0 atom stereocenters. The number of hydrogen-bond acceptors (Lipinski definition) is 3. The smallest absolute Gasteiger partial charge is 0.306 e. The molecule has 4 nitrogen and oxygen atoms in total. The second-order valence-corrected chi connectivity index (χ2v) is 4.28. The lowest BCUT2D eigenvalue weighted by atomic mass is 10.1. The second-order valence-electron chi connectivity index (χ2n) is 4.28. The molecule has 0 bridgehead atoms. The van der Waals surface area contributed by atoms with Gasteiger partial charge in [-0.25, -0.2) is 0 Å². The minimum absolute atomic E-state index is 0.120. The first-order valence-corrected chi connectivity index (χ1v) is 5.92. The van der Waals surface area contributed by atoms with Gasteiger partial charge in [0, 0.05) is 13.0 Å². The van der Waals surface area contributed by atoms with Gasteiger partial charge in [0.1, 0.15) is 0 Å². The van der Waals surface area contributed by atoms with Gasteiger partial charge >= 0.3 is 5.97 Å². The van der Waals surface area contributed by atoms with E-state index in [0.29, 0.717) is 6.54 Å². The lowest BCUT2D eigenvalue weighted by molar-refractivity contribution is -0.142. The molecule has 1 aromatic carbocycles. The number of benzene rings is 1. The van der Waals surface area contributed by atoms with Gasteiger partial charge in [0.25, 0.3) is 0 Å². The Hall–Kier alpha value is -1.84. The number of hydrogen-bond donors (Lipinski definition) is 1. The molecule has 0 aliphatic heterocycles. The molecule has 98 valence electrons. The van der Waals surface area contributed by atoms with E-state index in [9.17, 15) is 9.59 Å². The fourth-order valence-electron chi connectivity index (χ4n) is 1.64. The van der Waals surface area contributed by atoms with Crippen molar-refractivity contribution in [3.05, 3.63) is 34.9 Å².